The minimum Gasteiger partial charge on any atom is -0.745 e. The average molecular weight is 1090 g/mol. The van der Waals surface area contributed by atoms with Gasteiger partial charge in [-0.2, -0.15) is 15.6 Å². The molecule has 2 heterocycles. The summed E-state index contributed by atoms with van der Waals surface area (Å²) in [7, 11) is -14.8. The monoisotopic (exact) mass is 1090 g/mol. The first-order valence-electron chi connectivity index (χ1n) is 19.3. The van der Waals surface area contributed by atoms with Gasteiger partial charge in [0.2, 0.25) is 0 Å². The van der Waals surface area contributed by atoms with E-state index in [1.54, 1.807) is 18.2 Å². The van der Waals surface area contributed by atoms with Crippen molar-refractivity contribution < 1.29 is 162 Å². The summed E-state index contributed by atoms with van der Waals surface area (Å²) in [5.41, 5.74) is 0.396. The normalized spacial score (nSPS) is 11.4. The molecule has 0 amide bonds. The van der Waals surface area contributed by atoms with Crippen LogP contribution in [0.15, 0.2) is 150 Å². The van der Waals surface area contributed by atoms with E-state index in [1.807, 2.05) is 30.3 Å². The summed E-state index contributed by atoms with van der Waals surface area (Å²) in [4.78, 5) is 13.4. The van der Waals surface area contributed by atoms with Crippen LogP contribution in [-0.2, 0) is 30.4 Å². The van der Waals surface area contributed by atoms with Crippen molar-refractivity contribution in [3.8, 4) is 23.3 Å². The number of aromatic nitrogens is 1. The van der Waals surface area contributed by atoms with Gasteiger partial charge in [-0.15, -0.1) is 32.9 Å². The van der Waals surface area contributed by atoms with Crippen LogP contribution >= 0.6 is 11.3 Å². The van der Waals surface area contributed by atoms with Crippen LogP contribution in [0.25, 0.3) is 32.7 Å². The van der Waals surface area contributed by atoms with Gasteiger partial charge < -0.3 is 24.3 Å². The minimum atomic E-state index is -5.22. The predicted octanol–water partition coefficient (Wildman–Crippen LogP) is -2.08. The first-order chi connectivity index (χ1) is 32.7. The standard InChI is InChI=1S/C44H27N10O11S4.4Na/c1-24-36(22-45)41(47-29-9-14-33(15-10-29)67(57,58)59)49-42(48-30-11-16-34(17-12-30)68(60,61)62)40(24)51-52-43-37(23-46)39(28-7-6-25-4-2-3-5-26(25)18-28)44(66-43)53-50-31-19-27-8-13-32(54(55)56)21-35(27)38(20-31)69(63,64)65;;;;/h2-7,9-21H,1H3,(H2,47,48,49)(H,57,58,59)(H,60,61,62)(H,63,64,65);;;;/q-1;4*+1/p-3. The number of thiophene rings is 1. The third-order valence-electron chi connectivity index (χ3n) is 10.1. The molecule has 344 valence electrons. The van der Waals surface area contributed by atoms with Crippen LogP contribution in [0.4, 0.5) is 50.1 Å². The van der Waals surface area contributed by atoms with E-state index < -0.39 is 55.7 Å². The zero-order valence-corrected chi connectivity index (χ0v) is 49.9. The molecule has 0 fully saturated rings. The number of nitrogens with zero attached hydrogens (tertiary/aromatic N) is 8. The quantitative estimate of drug-likeness (QED) is 0.0313. The van der Waals surface area contributed by atoms with Crippen LogP contribution in [-0.4, -0.2) is 48.8 Å². The van der Waals surface area contributed by atoms with E-state index in [9.17, 15) is 59.5 Å². The number of azo groups is 2. The van der Waals surface area contributed by atoms with E-state index in [4.69, 9.17) is 0 Å². The molecule has 0 unspecified atom stereocenters. The third kappa shape index (κ3) is 13.9. The SMILES string of the molecule is Cc1c(C#N)c(Nc2ccc(S(=O)(=O)[O-])cc2)nc(Nc2ccc(S(=O)(=O)[O-])cc2)c1N=Nc1sc(N=Nc2cc(S(=O)(=O)[O-])c3cc([N+](=O)[O-])c[c-]c3c2)c(-c2ccc3ccccc3c2)c1C#N.[Na+].[Na+].[Na+].[Na+]. The number of hydrogen-bond acceptors (Lipinski definition) is 21. The van der Waals surface area contributed by atoms with Crippen LogP contribution in [0.5, 0.6) is 0 Å². The molecule has 0 saturated heterocycles. The van der Waals surface area contributed by atoms with Gasteiger partial charge in [-0.05, 0) is 83.9 Å². The second kappa shape index (κ2) is 25.0. The molecule has 0 radical (unpaired) electrons. The number of nitrogens with one attached hydrogen (secondary N) is 2. The summed E-state index contributed by atoms with van der Waals surface area (Å²) >= 11 is 0.829. The molecule has 21 nitrogen and oxygen atoms in total. The number of nitriles is 2. The Balaban J connectivity index is 0.00000289. The summed E-state index contributed by atoms with van der Waals surface area (Å²) in [6.07, 6.45) is 0. The van der Waals surface area contributed by atoms with Gasteiger partial charge in [0.25, 0.3) is 0 Å². The van der Waals surface area contributed by atoms with Gasteiger partial charge in [-0.25, -0.2) is 30.2 Å². The molecule has 6 aromatic carbocycles. The van der Waals surface area contributed by atoms with Crippen molar-refractivity contribution in [2.75, 3.05) is 10.6 Å². The van der Waals surface area contributed by atoms with E-state index in [2.05, 4.69) is 48.2 Å². The number of nitro benzene ring substituents is 1. The van der Waals surface area contributed by atoms with Gasteiger partial charge in [-0.1, -0.05) is 65.3 Å². The third-order valence-corrected chi connectivity index (χ3v) is 13.7. The Morgan fingerprint density at radius 1 is 0.658 bits per heavy atom. The number of benzene rings is 6. The Morgan fingerprint density at radius 2 is 1.22 bits per heavy atom. The molecule has 0 aliphatic carbocycles. The van der Waals surface area contributed by atoms with Gasteiger partial charge in [0, 0.05) is 38.0 Å². The van der Waals surface area contributed by atoms with Crippen molar-refractivity contribution in [1.82, 2.24) is 4.98 Å². The van der Waals surface area contributed by atoms with Crippen molar-refractivity contribution in [2.24, 2.45) is 20.5 Å². The van der Waals surface area contributed by atoms with Crippen molar-refractivity contribution >= 4 is 113 Å². The number of anilines is 4. The van der Waals surface area contributed by atoms with Gasteiger partial charge in [-0.3, -0.25) is 10.1 Å². The molecule has 73 heavy (non-hydrogen) atoms. The maximum Gasteiger partial charge on any atom is 1.00 e. The average Bonchev–Trinajstić information content (AvgIpc) is 3.66. The fraction of sp³-hybridized carbons (Fsp3) is 0.0227. The Labute approximate surface area is 508 Å². The van der Waals surface area contributed by atoms with E-state index in [-0.39, 0.29) is 196 Å². The largest absolute Gasteiger partial charge is 1.00 e. The van der Waals surface area contributed by atoms with E-state index >= 15 is 0 Å². The zero-order chi connectivity index (χ0) is 49.4. The molecule has 2 aromatic heterocycles. The summed E-state index contributed by atoms with van der Waals surface area (Å²) in [5.74, 6) is -0.179. The summed E-state index contributed by atoms with van der Waals surface area (Å²) in [5, 5.41) is 57.3. The Morgan fingerprint density at radius 3 is 1.77 bits per heavy atom. The van der Waals surface area contributed by atoms with Crippen molar-refractivity contribution in [2.45, 2.75) is 21.6 Å². The molecule has 0 atom stereocenters. The van der Waals surface area contributed by atoms with Crippen molar-refractivity contribution in [3.05, 3.63) is 148 Å². The van der Waals surface area contributed by atoms with Crippen LogP contribution in [0.1, 0.15) is 16.7 Å². The number of rotatable bonds is 13. The first-order valence-corrected chi connectivity index (χ1v) is 24.4. The van der Waals surface area contributed by atoms with Gasteiger partial charge >= 0.3 is 118 Å². The Bertz CT molecular complexity index is 3970. The zero-order valence-electron chi connectivity index (χ0n) is 38.7. The van der Waals surface area contributed by atoms with Crippen LogP contribution < -0.4 is 129 Å². The molecule has 0 bridgehead atoms. The van der Waals surface area contributed by atoms with Crippen molar-refractivity contribution in [1.29, 1.82) is 10.5 Å². The summed E-state index contributed by atoms with van der Waals surface area (Å²) in [6, 6.07) is 32.9. The minimum absolute atomic E-state index is 0. The first kappa shape index (κ1) is 61.1. The fourth-order valence-corrected chi connectivity index (χ4v) is 9.43. The Hall–Kier alpha value is -4.40. The summed E-state index contributed by atoms with van der Waals surface area (Å²) < 4.78 is 107. The molecule has 29 heteroatoms. The van der Waals surface area contributed by atoms with Crippen LogP contribution in [0.3, 0.4) is 0 Å². The number of pyridine rings is 1. The predicted molar refractivity (Wildman–Crippen MR) is 247 cm³/mol. The fourth-order valence-electron chi connectivity index (χ4n) is 6.87. The molecular weight excluding hydrogens is 1060 g/mol. The topological polar surface area (TPSA) is 349 Å². The molecule has 0 aliphatic rings. The molecule has 0 aliphatic heterocycles. The number of fused-ring (bicyclic) bond motifs is 2. The van der Waals surface area contributed by atoms with Gasteiger partial charge in [0.15, 0.2) is 22.3 Å². The second-order valence-corrected chi connectivity index (χ2v) is 19.6. The van der Waals surface area contributed by atoms with Crippen LogP contribution in [0, 0.1) is 45.8 Å². The number of hydrogen-bond donors (Lipinski definition) is 2. The van der Waals surface area contributed by atoms with E-state index in [0.29, 0.717) is 5.56 Å². The molecule has 8 rings (SSSR count). The molecule has 0 spiro atoms. The number of nitro groups is 1. The van der Waals surface area contributed by atoms with E-state index in [1.165, 1.54) is 37.3 Å². The number of non-ortho nitro benzene ring substituents is 1. The van der Waals surface area contributed by atoms with Crippen molar-refractivity contribution in [3.63, 3.8) is 0 Å². The van der Waals surface area contributed by atoms with Gasteiger partial charge in [0.1, 0.15) is 58.7 Å². The maximum absolute atomic E-state index is 12.4. The van der Waals surface area contributed by atoms with Crippen LogP contribution in [0.2, 0.25) is 0 Å². The summed E-state index contributed by atoms with van der Waals surface area (Å²) in [6.45, 7) is 1.50. The van der Waals surface area contributed by atoms with Gasteiger partial charge in [0.05, 0.1) is 15.4 Å². The molecular formula is C44H24N10Na4O11S4. The smallest absolute Gasteiger partial charge is 0.745 e. The maximum atomic E-state index is 12.4. The second-order valence-electron chi connectivity index (χ2n) is 14.5. The molecule has 0 saturated carbocycles. The van der Waals surface area contributed by atoms with E-state index in [0.717, 1.165) is 64.6 Å². The molecule has 2 N–H and O–H groups in total. The Kier molecular flexibility index (Phi) is 20.9. The molecule has 8 aromatic rings.